The predicted octanol–water partition coefficient (Wildman–Crippen LogP) is 4.21. The third kappa shape index (κ3) is 9.18. The molecule has 0 saturated carbocycles. The highest BCUT2D eigenvalue weighted by Crippen LogP contribution is 2.17. The number of aliphatic hydroxyl groups is 1. The van der Waals surface area contributed by atoms with Crippen LogP contribution >= 0.6 is 0 Å². The van der Waals surface area contributed by atoms with Crippen LogP contribution in [0.1, 0.15) is 38.7 Å². The average Bonchev–Trinajstić information content (AvgIpc) is 3.00. The maximum atomic E-state index is 13.1. The summed E-state index contributed by atoms with van der Waals surface area (Å²) in [7, 11) is 0. The molecule has 1 amide bonds. The maximum absolute atomic E-state index is 13.1. The zero-order valence-electron chi connectivity index (χ0n) is 20.4. The lowest BCUT2D eigenvalue weighted by atomic mass is 10.1. The second-order valence-electron chi connectivity index (χ2n) is 8.61. The van der Waals surface area contributed by atoms with E-state index in [1.807, 2.05) is 48.3 Å². The number of carbonyl (C=O) groups excluding carboxylic acids is 1. The van der Waals surface area contributed by atoms with Gasteiger partial charge in [-0.2, -0.15) is 0 Å². The number of anilines is 1. The molecule has 33 heavy (non-hydrogen) atoms. The molecule has 1 aliphatic rings. The van der Waals surface area contributed by atoms with Gasteiger partial charge in [0.1, 0.15) is 0 Å². The fourth-order valence-electron chi connectivity index (χ4n) is 3.64. The van der Waals surface area contributed by atoms with Crippen LogP contribution in [0.15, 0.2) is 72.2 Å². The molecule has 0 aliphatic carbocycles. The van der Waals surface area contributed by atoms with Crippen molar-refractivity contribution in [2.45, 2.75) is 46.1 Å². The number of nitrogens with zero attached hydrogens (tertiary/aromatic N) is 2. The van der Waals surface area contributed by atoms with Crippen molar-refractivity contribution >= 4 is 11.6 Å². The fourth-order valence-corrected chi connectivity index (χ4v) is 3.64. The Morgan fingerprint density at radius 1 is 1.33 bits per heavy atom. The molecular weight excluding hydrogens is 412 g/mol. The lowest BCUT2D eigenvalue weighted by Crippen LogP contribution is -2.42. The van der Waals surface area contributed by atoms with E-state index in [4.69, 9.17) is 5.73 Å². The van der Waals surface area contributed by atoms with Crippen LogP contribution in [0.3, 0.4) is 0 Å². The molecule has 180 valence electrons. The summed E-state index contributed by atoms with van der Waals surface area (Å²) in [6, 6.07) is 8.20. The van der Waals surface area contributed by atoms with E-state index in [9.17, 15) is 9.90 Å². The number of nitrogens with one attached hydrogen (secondary N) is 1. The van der Waals surface area contributed by atoms with Crippen LogP contribution in [0.2, 0.25) is 0 Å². The Balaban J connectivity index is 2.02. The fraction of sp³-hybridized carbons (Fsp3) is 0.444. The molecule has 0 radical (unpaired) electrons. The number of hydrogen-bond donors (Lipinski definition) is 3. The standard InChI is InChI=1S/C27H40N4O2/c1-5-6-8-24(23(4)32)14-16-29-22(3)19-31(26-12-10-21(2)11-13-26)20-27(33)30-17-7-9-25(28)15-18-30/h6-13,25,29,32H,3,5,14-20,28H2,1-2,4H3/b8-6-,24-23-. The number of amides is 1. The molecule has 0 saturated heterocycles. The van der Waals surface area contributed by atoms with Gasteiger partial charge in [0.05, 0.1) is 18.8 Å². The molecule has 2 rings (SSSR count). The van der Waals surface area contributed by atoms with E-state index < -0.39 is 0 Å². The molecule has 6 heteroatoms. The molecule has 6 nitrogen and oxygen atoms in total. The molecule has 0 fully saturated rings. The first-order valence-electron chi connectivity index (χ1n) is 11.8. The maximum Gasteiger partial charge on any atom is 0.242 e. The molecule has 4 N–H and O–H groups in total. The van der Waals surface area contributed by atoms with Crippen molar-refractivity contribution in [3.63, 3.8) is 0 Å². The summed E-state index contributed by atoms with van der Waals surface area (Å²) in [6.07, 6.45) is 10.4. The minimum atomic E-state index is 0.00801. The number of carbonyl (C=O) groups is 1. The predicted molar refractivity (Wildman–Crippen MR) is 138 cm³/mol. The first kappa shape index (κ1) is 26.3. The smallest absolute Gasteiger partial charge is 0.242 e. The van der Waals surface area contributed by atoms with Gasteiger partial charge in [0, 0.05) is 37.1 Å². The zero-order chi connectivity index (χ0) is 24.2. The SMILES string of the molecule is C=C(CN(CC(=O)N1CC=CC(N)CC1)c1ccc(C)cc1)NCCC(/C=C\CC)=C(/C)O. The number of aliphatic hydroxyl groups excluding tert-OH is 1. The van der Waals surface area contributed by atoms with E-state index in [0.717, 1.165) is 29.8 Å². The van der Waals surface area contributed by atoms with Crippen molar-refractivity contribution in [2.75, 3.05) is 37.6 Å². The second kappa shape index (κ2) is 13.5. The van der Waals surface area contributed by atoms with Crippen LogP contribution in [0.5, 0.6) is 0 Å². The van der Waals surface area contributed by atoms with Gasteiger partial charge in [0.15, 0.2) is 0 Å². The van der Waals surface area contributed by atoms with Crippen LogP contribution in [-0.4, -0.2) is 54.7 Å². The van der Waals surface area contributed by atoms with Crippen LogP contribution in [-0.2, 0) is 4.79 Å². The lowest BCUT2D eigenvalue weighted by molar-refractivity contribution is -0.129. The number of benzene rings is 1. The first-order chi connectivity index (χ1) is 15.8. The lowest BCUT2D eigenvalue weighted by Gasteiger charge is -2.29. The summed E-state index contributed by atoms with van der Waals surface area (Å²) >= 11 is 0. The molecule has 1 atom stereocenters. The molecule has 1 aromatic rings. The number of allylic oxidation sites excluding steroid dienone is 3. The summed E-state index contributed by atoms with van der Waals surface area (Å²) in [5.41, 5.74) is 9.90. The van der Waals surface area contributed by atoms with E-state index in [1.165, 1.54) is 5.56 Å². The molecule has 1 aliphatic heterocycles. The van der Waals surface area contributed by atoms with E-state index in [0.29, 0.717) is 38.4 Å². The van der Waals surface area contributed by atoms with Crippen LogP contribution in [0.4, 0.5) is 5.69 Å². The Morgan fingerprint density at radius 3 is 2.73 bits per heavy atom. The van der Waals surface area contributed by atoms with Crippen molar-refractivity contribution in [2.24, 2.45) is 5.73 Å². The summed E-state index contributed by atoms with van der Waals surface area (Å²) in [5.74, 6) is 0.415. The van der Waals surface area contributed by atoms with Crippen molar-refractivity contribution in [3.8, 4) is 0 Å². The van der Waals surface area contributed by atoms with Gasteiger partial charge >= 0.3 is 0 Å². The minimum Gasteiger partial charge on any atom is -0.512 e. The average molecular weight is 453 g/mol. The van der Waals surface area contributed by atoms with Gasteiger partial charge < -0.3 is 26.0 Å². The highest BCUT2D eigenvalue weighted by Gasteiger charge is 2.20. The van der Waals surface area contributed by atoms with Crippen molar-refractivity contribution in [3.05, 3.63) is 77.7 Å². The molecule has 0 bridgehead atoms. The van der Waals surface area contributed by atoms with Gasteiger partial charge in [-0.15, -0.1) is 0 Å². The number of hydrogen-bond acceptors (Lipinski definition) is 5. The van der Waals surface area contributed by atoms with Gasteiger partial charge in [0.2, 0.25) is 5.91 Å². The van der Waals surface area contributed by atoms with E-state index in [-0.39, 0.29) is 18.5 Å². The normalized spacial score (nSPS) is 17.0. The third-order valence-corrected chi connectivity index (χ3v) is 5.69. The van der Waals surface area contributed by atoms with Gasteiger partial charge in [-0.05, 0) is 50.8 Å². The van der Waals surface area contributed by atoms with E-state index in [1.54, 1.807) is 6.92 Å². The van der Waals surface area contributed by atoms with Crippen molar-refractivity contribution in [1.29, 1.82) is 0 Å². The van der Waals surface area contributed by atoms with Crippen LogP contribution in [0, 0.1) is 6.92 Å². The van der Waals surface area contributed by atoms with Crippen molar-refractivity contribution in [1.82, 2.24) is 10.2 Å². The third-order valence-electron chi connectivity index (χ3n) is 5.69. The Morgan fingerprint density at radius 2 is 2.06 bits per heavy atom. The Bertz CT molecular complexity index is 867. The van der Waals surface area contributed by atoms with Gasteiger partial charge in [-0.3, -0.25) is 4.79 Å². The quantitative estimate of drug-likeness (QED) is 0.266. The second-order valence-corrected chi connectivity index (χ2v) is 8.61. The van der Waals surface area contributed by atoms with Crippen LogP contribution in [0.25, 0.3) is 0 Å². The first-order valence-corrected chi connectivity index (χ1v) is 11.8. The molecule has 1 aromatic carbocycles. The largest absolute Gasteiger partial charge is 0.512 e. The molecule has 0 spiro atoms. The summed E-state index contributed by atoms with van der Waals surface area (Å²) in [4.78, 5) is 17.0. The highest BCUT2D eigenvalue weighted by atomic mass is 16.3. The van der Waals surface area contributed by atoms with Gasteiger partial charge in [-0.25, -0.2) is 0 Å². The van der Waals surface area contributed by atoms with E-state index in [2.05, 4.69) is 35.9 Å². The van der Waals surface area contributed by atoms with Gasteiger partial charge in [0.25, 0.3) is 0 Å². The summed E-state index contributed by atoms with van der Waals surface area (Å²) in [6.45, 7) is 12.7. The number of aryl methyl sites for hydroxylation is 1. The van der Waals surface area contributed by atoms with E-state index >= 15 is 0 Å². The molecular formula is C27H40N4O2. The molecule has 1 unspecified atom stereocenters. The Hall–Kier alpha value is -2.99. The minimum absolute atomic E-state index is 0.00801. The topological polar surface area (TPSA) is 81.8 Å². The zero-order valence-corrected chi connectivity index (χ0v) is 20.4. The number of nitrogens with two attached hydrogens (primary N) is 1. The Kier molecular flexibility index (Phi) is 10.8. The molecule has 1 heterocycles. The Labute approximate surface area is 199 Å². The summed E-state index contributed by atoms with van der Waals surface area (Å²) < 4.78 is 0. The number of rotatable bonds is 11. The monoisotopic (exact) mass is 452 g/mol. The van der Waals surface area contributed by atoms with Gasteiger partial charge in [-0.1, -0.05) is 55.5 Å². The van der Waals surface area contributed by atoms with Crippen LogP contribution < -0.4 is 16.0 Å². The highest BCUT2D eigenvalue weighted by molar-refractivity contribution is 5.82. The molecule has 0 aromatic heterocycles. The van der Waals surface area contributed by atoms with Crippen molar-refractivity contribution < 1.29 is 9.90 Å². The summed E-state index contributed by atoms with van der Waals surface area (Å²) in [5, 5.41) is 13.3.